The van der Waals surface area contributed by atoms with Crippen molar-refractivity contribution in [3.05, 3.63) is 58.4 Å². The molecule has 1 aliphatic rings. The summed E-state index contributed by atoms with van der Waals surface area (Å²) in [6, 6.07) is 9.93. The lowest BCUT2D eigenvalue weighted by Crippen LogP contribution is -2.40. The summed E-state index contributed by atoms with van der Waals surface area (Å²) >= 11 is 9.92. The van der Waals surface area contributed by atoms with E-state index in [0.29, 0.717) is 22.4 Å². The first-order chi connectivity index (χ1) is 15.6. The highest BCUT2D eigenvalue weighted by molar-refractivity contribution is 9.10. The van der Waals surface area contributed by atoms with Crippen molar-refractivity contribution in [2.75, 3.05) is 43.5 Å². The minimum absolute atomic E-state index is 0.416. The Labute approximate surface area is 198 Å². The molecular formula is C22H20BrClN7O. The third kappa shape index (κ3) is 4.11. The molecule has 0 aliphatic carbocycles. The molecule has 4 heterocycles. The van der Waals surface area contributed by atoms with Gasteiger partial charge in [-0.25, -0.2) is 20.3 Å². The van der Waals surface area contributed by atoms with Crippen LogP contribution in [0.3, 0.4) is 0 Å². The summed E-state index contributed by atoms with van der Waals surface area (Å²) in [5, 5.41) is 8.11. The van der Waals surface area contributed by atoms with Crippen molar-refractivity contribution in [3.8, 4) is 17.1 Å². The Balaban J connectivity index is 1.46. The van der Waals surface area contributed by atoms with E-state index < -0.39 is 0 Å². The monoisotopic (exact) mass is 512 g/mol. The first-order valence-corrected chi connectivity index (χ1v) is 11.3. The van der Waals surface area contributed by atoms with Crippen LogP contribution in [0, 0.1) is 0 Å². The van der Waals surface area contributed by atoms with Gasteiger partial charge in [-0.15, -0.1) is 0 Å². The maximum absolute atomic E-state index is 6.45. The summed E-state index contributed by atoms with van der Waals surface area (Å²) in [5.74, 6) is 1.13. The number of benzene rings is 1. The molecule has 0 atom stereocenters. The number of nitrogens with one attached hydrogen (secondary N) is 1. The molecule has 0 bridgehead atoms. The summed E-state index contributed by atoms with van der Waals surface area (Å²) in [7, 11) is 1.65. The minimum Gasteiger partial charge on any atom is -0.494 e. The number of rotatable bonds is 5. The number of halogens is 2. The molecule has 0 saturated carbocycles. The van der Waals surface area contributed by atoms with Gasteiger partial charge in [0.05, 0.1) is 35.9 Å². The van der Waals surface area contributed by atoms with E-state index in [1.807, 2.05) is 34.9 Å². The molecule has 3 aromatic heterocycles. The Morgan fingerprint density at radius 2 is 1.94 bits per heavy atom. The molecule has 1 radical (unpaired) electrons. The molecule has 1 fully saturated rings. The molecule has 0 amide bonds. The highest BCUT2D eigenvalue weighted by atomic mass is 79.9. The van der Waals surface area contributed by atoms with Gasteiger partial charge >= 0.3 is 0 Å². The summed E-state index contributed by atoms with van der Waals surface area (Å²) in [6.45, 7) is 3.53. The van der Waals surface area contributed by atoms with E-state index in [0.717, 1.165) is 53.4 Å². The van der Waals surface area contributed by atoms with Gasteiger partial charge in [0.25, 0.3) is 0 Å². The molecule has 1 aromatic carbocycles. The number of ether oxygens (including phenoxy) is 1. The first kappa shape index (κ1) is 21.0. The molecular weight excluding hydrogens is 494 g/mol. The van der Waals surface area contributed by atoms with Gasteiger partial charge in [0.1, 0.15) is 17.1 Å². The second-order valence-electron chi connectivity index (χ2n) is 7.27. The zero-order valence-electron chi connectivity index (χ0n) is 17.3. The molecule has 1 saturated heterocycles. The van der Waals surface area contributed by atoms with Crippen molar-refractivity contribution in [3.63, 3.8) is 0 Å². The lowest BCUT2D eigenvalue weighted by molar-refractivity contribution is 0.416. The van der Waals surface area contributed by atoms with Crippen LogP contribution < -0.4 is 20.3 Å². The van der Waals surface area contributed by atoms with Crippen molar-refractivity contribution >= 4 is 50.5 Å². The van der Waals surface area contributed by atoms with Gasteiger partial charge < -0.3 is 15.0 Å². The largest absolute Gasteiger partial charge is 0.494 e. The standard InChI is InChI=1S/C22H20BrClN7O/c1-32-19-11-15(30-8-5-25-6-9-30)2-3-17(19)28-22-27-12-16(24)21(29-22)18-13-26-20-10-14(23)4-7-31(18)20/h2-4,7,10-13H,5-6,8-9H2,1H3,(H,27,28,29). The molecule has 32 heavy (non-hydrogen) atoms. The van der Waals surface area contributed by atoms with Crippen LogP contribution in [-0.4, -0.2) is 52.6 Å². The van der Waals surface area contributed by atoms with Crippen LogP contribution in [0.5, 0.6) is 5.75 Å². The zero-order chi connectivity index (χ0) is 22.1. The van der Waals surface area contributed by atoms with Gasteiger partial charge in [0.2, 0.25) is 5.95 Å². The zero-order valence-corrected chi connectivity index (χ0v) is 19.6. The molecule has 4 aromatic rings. The van der Waals surface area contributed by atoms with Crippen molar-refractivity contribution in [2.24, 2.45) is 0 Å². The smallest absolute Gasteiger partial charge is 0.227 e. The third-order valence-corrected chi connectivity index (χ3v) is 6.08. The minimum atomic E-state index is 0.416. The summed E-state index contributed by atoms with van der Waals surface area (Å²) in [6.07, 6.45) is 5.26. The number of piperazine rings is 1. The molecule has 5 rings (SSSR count). The van der Waals surface area contributed by atoms with Crippen LogP contribution in [-0.2, 0) is 0 Å². The molecule has 0 spiro atoms. The Bertz CT molecular complexity index is 1270. The van der Waals surface area contributed by atoms with Crippen LogP contribution in [0.25, 0.3) is 17.0 Å². The Morgan fingerprint density at radius 1 is 1.09 bits per heavy atom. The number of methoxy groups -OCH3 is 1. The van der Waals surface area contributed by atoms with E-state index in [1.54, 1.807) is 19.5 Å². The highest BCUT2D eigenvalue weighted by Crippen LogP contribution is 2.33. The Hall–Kier alpha value is -2.88. The number of hydrogen-bond donors (Lipinski definition) is 1. The second-order valence-corrected chi connectivity index (χ2v) is 8.60. The van der Waals surface area contributed by atoms with Gasteiger partial charge in [-0.2, -0.15) is 0 Å². The number of nitrogens with zero attached hydrogens (tertiary/aromatic N) is 6. The predicted octanol–water partition coefficient (Wildman–Crippen LogP) is 4.38. The lowest BCUT2D eigenvalue weighted by atomic mass is 10.2. The molecule has 8 nitrogen and oxygen atoms in total. The quantitative estimate of drug-likeness (QED) is 0.426. The summed E-state index contributed by atoms with van der Waals surface area (Å²) in [5.41, 5.74) is 4.04. The number of hydrogen-bond acceptors (Lipinski definition) is 6. The van der Waals surface area contributed by atoms with Crippen LogP contribution in [0.1, 0.15) is 0 Å². The van der Waals surface area contributed by atoms with E-state index in [2.05, 4.69) is 52.5 Å². The number of fused-ring (bicyclic) bond motifs is 1. The van der Waals surface area contributed by atoms with Crippen molar-refractivity contribution in [2.45, 2.75) is 0 Å². The number of imidazole rings is 1. The third-order valence-electron chi connectivity index (χ3n) is 5.31. The van der Waals surface area contributed by atoms with Crippen molar-refractivity contribution in [1.82, 2.24) is 24.7 Å². The van der Waals surface area contributed by atoms with Crippen molar-refractivity contribution in [1.29, 1.82) is 0 Å². The topological polar surface area (TPSA) is 81.7 Å². The average molecular weight is 514 g/mol. The molecule has 10 heteroatoms. The van der Waals surface area contributed by atoms with E-state index in [1.165, 1.54) is 0 Å². The Morgan fingerprint density at radius 3 is 2.75 bits per heavy atom. The fourth-order valence-corrected chi connectivity index (χ4v) is 4.21. The van der Waals surface area contributed by atoms with Crippen LogP contribution >= 0.6 is 27.5 Å². The molecule has 163 valence electrons. The van der Waals surface area contributed by atoms with Gasteiger partial charge in [-0.1, -0.05) is 27.5 Å². The maximum Gasteiger partial charge on any atom is 0.227 e. The summed E-state index contributed by atoms with van der Waals surface area (Å²) < 4.78 is 8.52. The van der Waals surface area contributed by atoms with E-state index >= 15 is 0 Å². The van der Waals surface area contributed by atoms with Crippen LogP contribution in [0.15, 0.2) is 53.4 Å². The Kier molecular flexibility index (Phi) is 5.86. The van der Waals surface area contributed by atoms with Crippen molar-refractivity contribution < 1.29 is 4.74 Å². The van der Waals surface area contributed by atoms with Gasteiger partial charge in [0, 0.05) is 48.6 Å². The van der Waals surface area contributed by atoms with Gasteiger partial charge in [-0.05, 0) is 24.3 Å². The highest BCUT2D eigenvalue weighted by Gasteiger charge is 2.16. The molecule has 1 aliphatic heterocycles. The fourth-order valence-electron chi connectivity index (χ4n) is 3.70. The molecule has 1 N–H and O–H groups in total. The fraction of sp³-hybridized carbons (Fsp3) is 0.227. The normalized spacial score (nSPS) is 14.0. The van der Waals surface area contributed by atoms with E-state index in [-0.39, 0.29) is 0 Å². The maximum atomic E-state index is 6.45. The van der Waals surface area contributed by atoms with Gasteiger partial charge in [0.15, 0.2) is 0 Å². The predicted molar refractivity (Wildman–Crippen MR) is 129 cm³/mol. The van der Waals surface area contributed by atoms with Crippen LogP contribution in [0.4, 0.5) is 17.3 Å². The first-order valence-electron chi connectivity index (χ1n) is 10.1. The average Bonchev–Trinajstić information content (AvgIpc) is 3.24. The SMILES string of the molecule is COc1cc(N2CC[N]CC2)ccc1Nc1ncc(Cl)c(-c2cnc3cc(Br)ccn23)n1. The number of aromatic nitrogens is 4. The number of pyridine rings is 1. The van der Waals surface area contributed by atoms with Crippen LogP contribution in [0.2, 0.25) is 5.02 Å². The lowest BCUT2D eigenvalue weighted by Gasteiger charge is -2.29. The second kappa shape index (κ2) is 8.93. The van der Waals surface area contributed by atoms with Gasteiger partial charge in [-0.3, -0.25) is 4.40 Å². The van der Waals surface area contributed by atoms with E-state index in [4.69, 9.17) is 16.3 Å². The summed E-state index contributed by atoms with van der Waals surface area (Å²) in [4.78, 5) is 15.8. The number of anilines is 3. The molecule has 0 unspecified atom stereocenters. The van der Waals surface area contributed by atoms with E-state index in [9.17, 15) is 0 Å².